The summed E-state index contributed by atoms with van der Waals surface area (Å²) in [5.41, 5.74) is 5.71. The minimum absolute atomic E-state index is 0.161. The average Bonchev–Trinajstić information content (AvgIpc) is 2.05. The van der Waals surface area contributed by atoms with Gasteiger partial charge in [-0.3, -0.25) is 0 Å². The molecule has 0 spiro atoms. The van der Waals surface area contributed by atoms with Crippen LogP contribution in [0.4, 0.5) is 0 Å². The lowest BCUT2D eigenvalue weighted by Gasteiger charge is -2.10. The van der Waals surface area contributed by atoms with Crippen LogP contribution in [0, 0.1) is 0 Å². The number of aliphatic hydroxyl groups excluding tert-OH is 1. The van der Waals surface area contributed by atoms with Crippen LogP contribution >= 0.6 is 12.2 Å². The van der Waals surface area contributed by atoms with Crippen LogP contribution in [0.3, 0.4) is 0 Å². The topological polar surface area (TPSA) is 55.5 Å². The van der Waals surface area contributed by atoms with Crippen molar-refractivity contribution < 1.29 is 9.84 Å². The molecule has 0 heterocycles. The van der Waals surface area contributed by atoms with Gasteiger partial charge in [0.15, 0.2) is 0 Å². The van der Waals surface area contributed by atoms with Crippen LogP contribution in [-0.2, 0) is 4.74 Å². The van der Waals surface area contributed by atoms with Crippen molar-refractivity contribution >= 4 is 17.4 Å². The lowest BCUT2D eigenvalue weighted by Crippen LogP contribution is -2.16. The Morgan fingerprint density at radius 3 is 2.50 bits per heavy atom. The van der Waals surface area contributed by atoms with Gasteiger partial charge in [-0.1, -0.05) is 30.3 Å². The SMILES string of the molecule is NC(=S)OC(O)c1ccccc1. The van der Waals surface area contributed by atoms with E-state index in [1.165, 1.54) is 0 Å². The van der Waals surface area contributed by atoms with Crippen LogP contribution in [0.1, 0.15) is 11.9 Å². The van der Waals surface area contributed by atoms with Crippen molar-refractivity contribution in [2.45, 2.75) is 6.29 Å². The van der Waals surface area contributed by atoms with E-state index in [0.29, 0.717) is 5.56 Å². The fourth-order valence-corrected chi connectivity index (χ4v) is 0.887. The zero-order chi connectivity index (χ0) is 8.97. The molecule has 0 saturated carbocycles. The highest BCUT2D eigenvalue weighted by molar-refractivity contribution is 7.80. The molecule has 64 valence electrons. The number of rotatable bonds is 2. The van der Waals surface area contributed by atoms with Gasteiger partial charge in [0.1, 0.15) is 0 Å². The predicted molar refractivity (Wildman–Crippen MR) is 49.3 cm³/mol. The Kier molecular flexibility index (Phi) is 3.01. The molecule has 1 atom stereocenters. The van der Waals surface area contributed by atoms with Gasteiger partial charge in [-0.25, -0.2) is 0 Å². The predicted octanol–water partition coefficient (Wildman–Crippen LogP) is 0.938. The second kappa shape index (κ2) is 4.04. The van der Waals surface area contributed by atoms with E-state index in [2.05, 4.69) is 12.2 Å². The quantitative estimate of drug-likeness (QED) is 0.529. The van der Waals surface area contributed by atoms with Crippen LogP contribution < -0.4 is 5.73 Å². The molecule has 1 aromatic carbocycles. The smallest absolute Gasteiger partial charge is 0.256 e. The molecule has 12 heavy (non-hydrogen) atoms. The van der Waals surface area contributed by atoms with Gasteiger partial charge in [0.05, 0.1) is 0 Å². The summed E-state index contributed by atoms with van der Waals surface area (Å²) in [5.74, 6) is 0. The lowest BCUT2D eigenvalue weighted by atomic mass is 10.2. The van der Waals surface area contributed by atoms with E-state index < -0.39 is 6.29 Å². The fraction of sp³-hybridized carbons (Fsp3) is 0.125. The third-order valence-electron chi connectivity index (χ3n) is 1.31. The Labute approximate surface area is 75.8 Å². The molecule has 3 N–H and O–H groups in total. The van der Waals surface area contributed by atoms with Gasteiger partial charge < -0.3 is 15.6 Å². The lowest BCUT2D eigenvalue weighted by molar-refractivity contribution is -0.0284. The minimum Gasteiger partial charge on any atom is -0.437 e. The Balaban J connectivity index is 2.65. The van der Waals surface area contributed by atoms with E-state index in [9.17, 15) is 5.11 Å². The number of ether oxygens (including phenoxy) is 1. The first-order valence-corrected chi connectivity index (χ1v) is 3.80. The molecule has 0 amide bonds. The maximum absolute atomic E-state index is 9.30. The molecule has 1 aromatic rings. The minimum atomic E-state index is -1.07. The number of aliphatic hydroxyl groups is 1. The summed E-state index contributed by atoms with van der Waals surface area (Å²) >= 11 is 4.47. The second-order valence-electron chi connectivity index (χ2n) is 2.20. The highest BCUT2D eigenvalue weighted by atomic mass is 32.1. The first-order valence-electron chi connectivity index (χ1n) is 3.39. The number of thiocarbonyl (C=S) groups is 1. The molecule has 0 aliphatic heterocycles. The van der Waals surface area contributed by atoms with Crippen molar-refractivity contribution in [3.05, 3.63) is 35.9 Å². The molecule has 0 saturated heterocycles. The summed E-state index contributed by atoms with van der Waals surface area (Å²) < 4.78 is 4.70. The van der Waals surface area contributed by atoms with Crippen LogP contribution in [0.25, 0.3) is 0 Å². The largest absolute Gasteiger partial charge is 0.437 e. The van der Waals surface area contributed by atoms with E-state index >= 15 is 0 Å². The van der Waals surface area contributed by atoms with Crippen LogP contribution in [0.2, 0.25) is 0 Å². The Hall–Kier alpha value is -1.13. The summed E-state index contributed by atoms with van der Waals surface area (Å²) in [6.45, 7) is 0. The zero-order valence-electron chi connectivity index (χ0n) is 6.31. The third-order valence-corrected chi connectivity index (χ3v) is 1.41. The number of benzene rings is 1. The van der Waals surface area contributed by atoms with Crippen molar-refractivity contribution in [1.29, 1.82) is 0 Å². The number of hydrogen-bond acceptors (Lipinski definition) is 3. The molecular formula is C8H9NO2S. The highest BCUT2D eigenvalue weighted by Crippen LogP contribution is 2.12. The van der Waals surface area contributed by atoms with E-state index in [4.69, 9.17) is 10.5 Å². The Morgan fingerprint density at radius 1 is 1.42 bits per heavy atom. The van der Waals surface area contributed by atoms with Crippen molar-refractivity contribution in [3.8, 4) is 0 Å². The molecule has 0 fully saturated rings. The maximum Gasteiger partial charge on any atom is 0.256 e. The molecule has 0 aliphatic rings. The summed E-state index contributed by atoms with van der Waals surface area (Å²) in [7, 11) is 0. The van der Waals surface area contributed by atoms with Gasteiger partial charge in [0, 0.05) is 5.56 Å². The van der Waals surface area contributed by atoms with Gasteiger partial charge in [0.2, 0.25) is 6.29 Å². The van der Waals surface area contributed by atoms with Crippen LogP contribution in [0.5, 0.6) is 0 Å². The third kappa shape index (κ3) is 2.48. The van der Waals surface area contributed by atoms with Crippen LogP contribution in [0.15, 0.2) is 30.3 Å². The Bertz CT molecular complexity index is 263. The maximum atomic E-state index is 9.30. The monoisotopic (exact) mass is 183 g/mol. The number of hydrogen-bond donors (Lipinski definition) is 2. The van der Waals surface area contributed by atoms with E-state index in [0.717, 1.165) is 0 Å². The molecule has 0 aromatic heterocycles. The molecule has 0 aliphatic carbocycles. The first kappa shape index (κ1) is 8.96. The van der Waals surface area contributed by atoms with E-state index in [-0.39, 0.29) is 5.17 Å². The molecule has 0 bridgehead atoms. The van der Waals surface area contributed by atoms with Gasteiger partial charge in [0.25, 0.3) is 5.17 Å². The fourth-order valence-electron chi connectivity index (χ4n) is 0.796. The standard InChI is InChI=1S/C8H9NO2S/c9-8(12)11-7(10)6-4-2-1-3-5-6/h1-5,7,10H,(H2,9,12). The van der Waals surface area contributed by atoms with Crippen molar-refractivity contribution in [2.75, 3.05) is 0 Å². The summed E-state index contributed by atoms with van der Waals surface area (Å²) in [4.78, 5) is 0. The Morgan fingerprint density at radius 2 is 2.00 bits per heavy atom. The second-order valence-corrected chi connectivity index (χ2v) is 2.60. The van der Waals surface area contributed by atoms with Gasteiger partial charge in [-0.2, -0.15) is 0 Å². The normalized spacial score (nSPS) is 12.1. The molecule has 3 nitrogen and oxygen atoms in total. The average molecular weight is 183 g/mol. The van der Waals surface area contributed by atoms with Gasteiger partial charge >= 0.3 is 0 Å². The molecular weight excluding hydrogens is 174 g/mol. The summed E-state index contributed by atoms with van der Waals surface area (Å²) in [6, 6.07) is 8.88. The van der Waals surface area contributed by atoms with E-state index in [1.807, 2.05) is 6.07 Å². The summed E-state index contributed by atoms with van der Waals surface area (Å²) in [6.07, 6.45) is -1.07. The van der Waals surface area contributed by atoms with Gasteiger partial charge in [-0.05, 0) is 12.2 Å². The molecule has 4 heteroatoms. The van der Waals surface area contributed by atoms with Crippen molar-refractivity contribution in [1.82, 2.24) is 0 Å². The van der Waals surface area contributed by atoms with Crippen LogP contribution in [-0.4, -0.2) is 10.3 Å². The summed E-state index contributed by atoms with van der Waals surface area (Å²) in [5, 5.41) is 9.14. The molecule has 1 unspecified atom stereocenters. The zero-order valence-corrected chi connectivity index (χ0v) is 7.12. The first-order chi connectivity index (χ1) is 5.70. The van der Waals surface area contributed by atoms with E-state index in [1.54, 1.807) is 24.3 Å². The molecule has 1 rings (SSSR count). The highest BCUT2D eigenvalue weighted by Gasteiger charge is 2.07. The molecule has 0 radical (unpaired) electrons. The van der Waals surface area contributed by atoms with Crippen molar-refractivity contribution in [2.24, 2.45) is 5.73 Å². The number of nitrogens with two attached hydrogens (primary N) is 1. The van der Waals surface area contributed by atoms with Gasteiger partial charge in [-0.15, -0.1) is 0 Å². The van der Waals surface area contributed by atoms with Crippen molar-refractivity contribution in [3.63, 3.8) is 0 Å².